The molecule has 0 amide bonds. The van der Waals surface area contributed by atoms with Gasteiger partial charge >= 0.3 is 0 Å². The van der Waals surface area contributed by atoms with E-state index in [1.807, 2.05) is 12.1 Å². The molecule has 2 aromatic carbocycles. The maximum absolute atomic E-state index is 13.7. The minimum atomic E-state index is -1.02. The van der Waals surface area contributed by atoms with E-state index < -0.39 is 5.60 Å². The van der Waals surface area contributed by atoms with Crippen molar-refractivity contribution < 1.29 is 9.50 Å². The largest absolute Gasteiger partial charge is 0.389 e. The molecular formula is C16H15BrClFO. The first-order valence-electron chi connectivity index (χ1n) is 6.26. The van der Waals surface area contributed by atoms with Crippen molar-refractivity contribution in [2.75, 3.05) is 0 Å². The molecule has 0 bridgehead atoms. The molecule has 1 nitrogen and oxygen atoms in total. The zero-order chi connectivity index (χ0) is 14.8. The summed E-state index contributed by atoms with van der Waals surface area (Å²) in [6.45, 7) is 1.71. The number of benzene rings is 2. The summed E-state index contributed by atoms with van der Waals surface area (Å²) >= 11 is 9.15. The van der Waals surface area contributed by atoms with Crippen LogP contribution in [-0.2, 0) is 12.8 Å². The third-order valence-electron chi connectivity index (χ3n) is 3.08. The Bertz CT molecular complexity index is 596. The minimum absolute atomic E-state index is 0.251. The Morgan fingerprint density at radius 1 is 1.15 bits per heavy atom. The van der Waals surface area contributed by atoms with Gasteiger partial charge in [-0.05, 0) is 48.4 Å². The average molecular weight is 358 g/mol. The number of rotatable bonds is 4. The Morgan fingerprint density at radius 3 is 2.45 bits per heavy atom. The van der Waals surface area contributed by atoms with E-state index in [4.69, 9.17) is 11.6 Å². The van der Waals surface area contributed by atoms with Crippen LogP contribution in [0.3, 0.4) is 0 Å². The van der Waals surface area contributed by atoms with Crippen molar-refractivity contribution >= 4 is 27.5 Å². The van der Waals surface area contributed by atoms with Crippen molar-refractivity contribution in [2.45, 2.75) is 25.4 Å². The molecule has 1 N–H and O–H groups in total. The molecule has 2 rings (SSSR count). The van der Waals surface area contributed by atoms with Crippen LogP contribution in [0.2, 0.25) is 5.02 Å². The first-order valence-corrected chi connectivity index (χ1v) is 7.44. The van der Waals surface area contributed by atoms with Crippen LogP contribution in [0.4, 0.5) is 4.39 Å². The van der Waals surface area contributed by atoms with Gasteiger partial charge in [-0.1, -0.05) is 39.7 Å². The molecule has 0 saturated carbocycles. The van der Waals surface area contributed by atoms with Crippen LogP contribution in [0, 0.1) is 5.82 Å². The fourth-order valence-corrected chi connectivity index (χ4v) is 2.73. The lowest BCUT2D eigenvalue weighted by molar-refractivity contribution is 0.0599. The highest BCUT2D eigenvalue weighted by Gasteiger charge is 2.23. The highest BCUT2D eigenvalue weighted by atomic mass is 79.9. The molecule has 1 unspecified atom stereocenters. The van der Waals surface area contributed by atoms with Crippen molar-refractivity contribution in [2.24, 2.45) is 0 Å². The quantitative estimate of drug-likeness (QED) is 0.835. The number of hydrogen-bond acceptors (Lipinski definition) is 1. The van der Waals surface area contributed by atoms with Crippen LogP contribution >= 0.6 is 27.5 Å². The Labute approximate surface area is 131 Å². The van der Waals surface area contributed by atoms with Gasteiger partial charge < -0.3 is 5.11 Å². The number of hydrogen-bond donors (Lipinski definition) is 1. The van der Waals surface area contributed by atoms with Gasteiger partial charge in [0.25, 0.3) is 0 Å². The van der Waals surface area contributed by atoms with Crippen molar-refractivity contribution in [3.63, 3.8) is 0 Å². The zero-order valence-corrected chi connectivity index (χ0v) is 13.4. The van der Waals surface area contributed by atoms with Crippen LogP contribution < -0.4 is 0 Å². The molecule has 0 aliphatic rings. The predicted molar refractivity (Wildman–Crippen MR) is 83.6 cm³/mol. The molecule has 106 valence electrons. The molecule has 20 heavy (non-hydrogen) atoms. The molecule has 0 aliphatic carbocycles. The van der Waals surface area contributed by atoms with Gasteiger partial charge in [-0.2, -0.15) is 0 Å². The third kappa shape index (κ3) is 4.30. The monoisotopic (exact) mass is 356 g/mol. The van der Waals surface area contributed by atoms with Gasteiger partial charge in [0.2, 0.25) is 0 Å². The van der Waals surface area contributed by atoms with Crippen LogP contribution in [0.25, 0.3) is 0 Å². The zero-order valence-electron chi connectivity index (χ0n) is 11.0. The van der Waals surface area contributed by atoms with Gasteiger partial charge in [0, 0.05) is 22.3 Å². The molecule has 2 aromatic rings. The topological polar surface area (TPSA) is 20.2 Å². The second kappa shape index (κ2) is 6.25. The summed E-state index contributed by atoms with van der Waals surface area (Å²) in [4.78, 5) is 0. The van der Waals surface area contributed by atoms with E-state index in [9.17, 15) is 9.50 Å². The van der Waals surface area contributed by atoms with Gasteiger partial charge in [0.15, 0.2) is 0 Å². The second-order valence-corrected chi connectivity index (χ2v) is 6.56. The third-order valence-corrected chi connectivity index (χ3v) is 3.82. The Balaban J connectivity index is 2.14. The van der Waals surface area contributed by atoms with Gasteiger partial charge in [-0.3, -0.25) is 0 Å². The lowest BCUT2D eigenvalue weighted by atomic mass is 9.89. The maximum Gasteiger partial charge on any atom is 0.126 e. The molecular weight excluding hydrogens is 343 g/mol. The highest BCUT2D eigenvalue weighted by Crippen LogP contribution is 2.23. The summed E-state index contributed by atoms with van der Waals surface area (Å²) in [6.07, 6.45) is 0.691. The fraction of sp³-hybridized carbons (Fsp3) is 0.250. The predicted octanol–water partition coefficient (Wildman–Crippen LogP) is 4.78. The Kier molecular flexibility index (Phi) is 4.84. The maximum atomic E-state index is 13.7. The van der Waals surface area contributed by atoms with E-state index >= 15 is 0 Å². The van der Waals surface area contributed by atoms with E-state index in [-0.39, 0.29) is 12.2 Å². The van der Waals surface area contributed by atoms with Crippen molar-refractivity contribution in [1.82, 2.24) is 0 Å². The van der Waals surface area contributed by atoms with Gasteiger partial charge in [-0.15, -0.1) is 0 Å². The van der Waals surface area contributed by atoms with E-state index in [0.717, 1.165) is 10.0 Å². The summed E-state index contributed by atoms with van der Waals surface area (Å²) in [5.74, 6) is -0.301. The van der Waals surface area contributed by atoms with E-state index in [0.29, 0.717) is 17.0 Å². The van der Waals surface area contributed by atoms with Crippen LogP contribution in [0.1, 0.15) is 18.1 Å². The molecule has 0 aromatic heterocycles. The summed E-state index contributed by atoms with van der Waals surface area (Å²) in [5.41, 5.74) is 0.447. The molecule has 1 atom stereocenters. The summed E-state index contributed by atoms with van der Waals surface area (Å²) < 4.78 is 14.5. The number of aliphatic hydroxyl groups is 1. The lowest BCUT2D eigenvalue weighted by Crippen LogP contribution is -2.30. The normalized spacial score (nSPS) is 14.1. The number of halogens is 3. The van der Waals surface area contributed by atoms with Gasteiger partial charge in [0.05, 0.1) is 5.60 Å². The van der Waals surface area contributed by atoms with Crippen LogP contribution in [0.15, 0.2) is 46.9 Å². The molecule has 0 heterocycles. The second-order valence-electron chi connectivity index (χ2n) is 5.21. The average Bonchev–Trinajstić information content (AvgIpc) is 2.36. The van der Waals surface area contributed by atoms with Crippen LogP contribution in [0.5, 0.6) is 0 Å². The molecule has 0 spiro atoms. The smallest absolute Gasteiger partial charge is 0.126 e. The SMILES string of the molecule is CC(O)(Cc1ccc(Cl)cc1)Cc1cc(Br)ccc1F. The first kappa shape index (κ1) is 15.5. The van der Waals surface area contributed by atoms with E-state index in [1.54, 1.807) is 31.2 Å². The minimum Gasteiger partial charge on any atom is -0.389 e. The van der Waals surface area contributed by atoms with Gasteiger partial charge in [-0.25, -0.2) is 4.39 Å². The van der Waals surface area contributed by atoms with Crippen molar-refractivity contribution in [3.05, 3.63) is 68.9 Å². The summed E-state index contributed by atoms with van der Waals surface area (Å²) in [7, 11) is 0. The first-order chi connectivity index (χ1) is 9.35. The molecule has 0 aliphatic heterocycles. The standard InChI is InChI=1S/C16H15BrClFO/c1-16(20,9-11-2-5-14(18)6-3-11)10-12-8-13(17)4-7-15(12)19/h2-8,20H,9-10H2,1H3. The lowest BCUT2D eigenvalue weighted by Gasteiger charge is -2.24. The molecule has 4 heteroatoms. The molecule has 0 saturated heterocycles. The fourth-order valence-electron chi connectivity index (χ4n) is 2.19. The summed E-state index contributed by atoms with van der Waals surface area (Å²) in [5, 5.41) is 11.1. The Morgan fingerprint density at radius 2 is 1.80 bits per heavy atom. The summed E-state index contributed by atoms with van der Waals surface area (Å²) in [6, 6.07) is 12.1. The van der Waals surface area contributed by atoms with Gasteiger partial charge in [0.1, 0.15) is 5.82 Å². The van der Waals surface area contributed by atoms with Crippen molar-refractivity contribution in [1.29, 1.82) is 0 Å². The Hall–Kier alpha value is -0.900. The van der Waals surface area contributed by atoms with E-state index in [1.165, 1.54) is 6.07 Å². The molecule has 0 fully saturated rings. The van der Waals surface area contributed by atoms with Crippen LogP contribution in [-0.4, -0.2) is 10.7 Å². The highest BCUT2D eigenvalue weighted by molar-refractivity contribution is 9.10. The van der Waals surface area contributed by atoms with E-state index in [2.05, 4.69) is 15.9 Å². The molecule has 0 radical (unpaired) electrons. The van der Waals surface area contributed by atoms with Crippen molar-refractivity contribution in [3.8, 4) is 0 Å².